The van der Waals surface area contributed by atoms with Crippen molar-refractivity contribution < 1.29 is 24.3 Å². The Morgan fingerprint density at radius 2 is 1.67 bits per heavy atom. The number of fused-ring (bicyclic) bond motifs is 3. The van der Waals surface area contributed by atoms with E-state index in [0.717, 1.165) is 86.4 Å². The largest absolute Gasteiger partial charge is 0.391 e. The Morgan fingerprint density at radius 3 is 2.36 bits per heavy atom. The van der Waals surface area contributed by atoms with Gasteiger partial charge in [-0.15, -0.1) is 32.9 Å². The molecule has 14 nitrogen and oxygen atoms in total. The van der Waals surface area contributed by atoms with Gasteiger partial charge in [0.05, 0.1) is 34.3 Å². The molecule has 1 saturated heterocycles. The van der Waals surface area contributed by atoms with Gasteiger partial charge in [-0.3, -0.25) is 28.7 Å². The van der Waals surface area contributed by atoms with Crippen LogP contribution in [0.3, 0.4) is 0 Å². The number of carbonyl (C=O) groups excluding carboxylic acids is 4. The van der Waals surface area contributed by atoms with Gasteiger partial charge in [0, 0.05) is 58.8 Å². The molecule has 7 rings (SSSR count). The van der Waals surface area contributed by atoms with Crippen molar-refractivity contribution in [2.24, 2.45) is 4.99 Å². The zero-order chi connectivity index (χ0) is 47.3. The van der Waals surface area contributed by atoms with Crippen LogP contribution in [0.2, 0.25) is 5.02 Å². The van der Waals surface area contributed by atoms with Crippen LogP contribution in [0.15, 0.2) is 59.0 Å². The summed E-state index contributed by atoms with van der Waals surface area (Å²) in [6.07, 6.45) is 2.82. The van der Waals surface area contributed by atoms with E-state index >= 15 is 0 Å². The highest BCUT2D eigenvalue weighted by molar-refractivity contribution is 8.00. The van der Waals surface area contributed by atoms with E-state index in [9.17, 15) is 24.3 Å². The highest BCUT2D eigenvalue weighted by Gasteiger charge is 2.46. The van der Waals surface area contributed by atoms with E-state index < -0.39 is 34.9 Å². The molecule has 66 heavy (non-hydrogen) atoms. The number of β-amino-alcohol motifs (C(OH)–C–C–N with tert-alkyl or cyclic N) is 1. The van der Waals surface area contributed by atoms with Crippen LogP contribution >= 0.6 is 46.0 Å². The van der Waals surface area contributed by atoms with E-state index in [1.165, 1.54) is 16.7 Å². The van der Waals surface area contributed by atoms with E-state index in [0.29, 0.717) is 17.4 Å². The smallest absolute Gasteiger partial charge is 0.247 e. The first kappa shape index (κ1) is 49.0. The van der Waals surface area contributed by atoms with Gasteiger partial charge < -0.3 is 26.0 Å². The molecule has 0 unspecified atom stereocenters. The molecule has 350 valence electrons. The highest BCUT2D eigenvalue weighted by Crippen LogP contribution is 2.40. The summed E-state index contributed by atoms with van der Waals surface area (Å²) in [4.78, 5) is 66.9. The van der Waals surface area contributed by atoms with E-state index in [1.807, 2.05) is 86.3 Å². The number of rotatable bonds is 18. The minimum absolute atomic E-state index is 0.00201. The molecule has 0 aliphatic carbocycles. The minimum atomic E-state index is -0.920. The molecule has 0 bridgehead atoms. The fourth-order valence-corrected chi connectivity index (χ4v) is 11.8. The number of halogens is 1. The Kier molecular flexibility index (Phi) is 15.8. The molecule has 4 amide bonds. The molecule has 1 fully saturated rings. The number of thiazole rings is 1. The molecule has 4 N–H and O–H groups in total. The van der Waals surface area contributed by atoms with Crippen LogP contribution < -0.4 is 16.0 Å². The zero-order valence-corrected chi connectivity index (χ0v) is 41.6. The van der Waals surface area contributed by atoms with Gasteiger partial charge in [0.15, 0.2) is 5.82 Å². The zero-order valence-electron chi connectivity index (χ0n) is 38.4. The first-order valence-electron chi connectivity index (χ1n) is 22.3. The van der Waals surface area contributed by atoms with Crippen molar-refractivity contribution >= 4 is 75.4 Å². The van der Waals surface area contributed by atoms with E-state index in [2.05, 4.69) is 45.0 Å². The predicted molar refractivity (Wildman–Crippen MR) is 264 cm³/mol. The second-order valence-electron chi connectivity index (χ2n) is 17.5. The number of likely N-dealkylation sites (tertiary alicyclic amines) is 1. The summed E-state index contributed by atoms with van der Waals surface area (Å²) < 4.78 is 1.32. The van der Waals surface area contributed by atoms with Crippen molar-refractivity contribution in [3.8, 4) is 15.4 Å². The number of hydrogen-bond acceptors (Lipinski definition) is 12. The molecule has 3 aromatic heterocycles. The van der Waals surface area contributed by atoms with Crippen molar-refractivity contribution in [1.82, 2.24) is 40.6 Å². The van der Waals surface area contributed by atoms with Gasteiger partial charge in [0.2, 0.25) is 23.6 Å². The van der Waals surface area contributed by atoms with Gasteiger partial charge in [-0.2, -0.15) is 11.8 Å². The number of nitrogens with zero attached hydrogens (tertiary/aromatic N) is 6. The molecule has 2 aromatic carbocycles. The van der Waals surface area contributed by atoms with Gasteiger partial charge in [-0.05, 0) is 89.0 Å². The maximum absolute atomic E-state index is 14.2. The van der Waals surface area contributed by atoms with Gasteiger partial charge in [-0.1, -0.05) is 60.8 Å². The lowest BCUT2D eigenvalue weighted by Gasteiger charge is -2.37. The quantitative estimate of drug-likeness (QED) is 0.0643. The first-order valence-corrected chi connectivity index (χ1v) is 25.4. The van der Waals surface area contributed by atoms with Crippen molar-refractivity contribution in [2.75, 3.05) is 18.8 Å². The number of thiophene rings is 1. The number of aliphatic hydroxyl groups excluding tert-OH is 1. The molecule has 4 atom stereocenters. The summed E-state index contributed by atoms with van der Waals surface area (Å²) in [6.45, 7) is 14.1. The third-order valence-electron chi connectivity index (χ3n) is 12.2. The lowest BCUT2D eigenvalue weighted by Crippen LogP contribution is -2.59. The number of nitrogens with one attached hydrogen (secondary N) is 3. The molecule has 0 radical (unpaired) electrons. The fourth-order valence-electron chi connectivity index (χ4n) is 8.48. The van der Waals surface area contributed by atoms with Gasteiger partial charge in [0.25, 0.3) is 0 Å². The molecule has 0 spiro atoms. The molecular formula is C48H58ClN9O5S3. The van der Waals surface area contributed by atoms with Crippen molar-refractivity contribution in [3.63, 3.8) is 0 Å². The van der Waals surface area contributed by atoms with E-state index in [4.69, 9.17) is 16.6 Å². The number of aryl methyl sites for hydroxylation is 3. The summed E-state index contributed by atoms with van der Waals surface area (Å²) in [5.74, 6) is 0.886. The SMILES string of the molecule is CC(=O)N[C@H](C(=O)N1C[C@H](O)C[C@H]1C(=O)NCc1ccc(-c2scnc2C)cc1)C(C)(C)SCCCCCCNC(=O)C[C@@H]1N=C(c2ccc(Cl)cc2)c2c(sc(C)c2C)-n2c(C)nnc21. The van der Waals surface area contributed by atoms with E-state index in [-0.39, 0.29) is 43.7 Å². The number of benzene rings is 2. The molecule has 2 aliphatic heterocycles. The third-order valence-corrected chi connectivity index (χ3v) is 16.1. The van der Waals surface area contributed by atoms with Gasteiger partial charge in [-0.25, -0.2) is 4.98 Å². The second kappa shape index (κ2) is 21.3. The van der Waals surface area contributed by atoms with Crippen LogP contribution in [0.25, 0.3) is 15.4 Å². The molecule has 5 heterocycles. The average Bonchev–Trinajstić information content (AvgIpc) is 4.05. The number of thioether (sulfide) groups is 1. The lowest BCUT2D eigenvalue weighted by molar-refractivity contribution is -0.142. The number of carbonyl (C=O) groups is 4. The summed E-state index contributed by atoms with van der Waals surface area (Å²) in [7, 11) is 0. The topological polar surface area (TPSA) is 184 Å². The number of aromatic nitrogens is 4. The first-order chi connectivity index (χ1) is 31.5. The molecular weight excluding hydrogens is 914 g/mol. The number of aliphatic imine (C=N–C) groups is 1. The van der Waals surface area contributed by atoms with Crippen LogP contribution in [0, 0.1) is 27.7 Å². The monoisotopic (exact) mass is 971 g/mol. The normalized spacial score (nSPS) is 17.4. The Labute approximate surface area is 403 Å². The number of unbranched alkanes of at least 4 members (excludes halogenated alkanes) is 3. The highest BCUT2D eigenvalue weighted by atomic mass is 35.5. The summed E-state index contributed by atoms with van der Waals surface area (Å²) in [5, 5.41) is 30.1. The third kappa shape index (κ3) is 11.2. The number of amides is 4. The standard InChI is InChI=1S/C48H58ClN9O5S3/c1-27-29(3)66-47-40(27)41(33-16-18-35(49)19-17-33)54-37(44-56-55-30(4)58(44)47)23-39(61)50-20-10-8-9-11-21-65-48(6,7)43(53-31(5)59)46(63)57-25-36(60)22-38(57)45(62)51-24-32-12-14-34(15-13-32)42-28(2)52-26-64-42/h12-19,26,36-38,43,60H,8-11,20-25H2,1-7H3,(H,50,61)(H,51,62)(H,53,59)/t36-,37+,38+,43-/m1/s1. The predicted octanol–water partition coefficient (Wildman–Crippen LogP) is 7.59. The number of aliphatic hydroxyl groups is 1. The van der Waals surface area contributed by atoms with Crippen LogP contribution in [0.1, 0.15) is 110 Å². The Morgan fingerprint density at radius 1 is 0.955 bits per heavy atom. The lowest BCUT2D eigenvalue weighted by atomic mass is 9.99. The van der Waals surface area contributed by atoms with Crippen LogP contribution in [0.4, 0.5) is 0 Å². The maximum atomic E-state index is 14.2. The van der Waals surface area contributed by atoms with Crippen molar-refractivity contribution in [3.05, 3.63) is 104 Å². The summed E-state index contributed by atoms with van der Waals surface area (Å²) >= 11 is 11.1. The summed E-state index contributed by atoms with van der Waals surface area (Å²) in [5.41, 5.74) is 8.61. The molecule has 2 aliphatic rings. The van der Waals surface area contributed by atoms with Crippen LogP contribution in [0.5, 0.6) is 0 Å². The minimum Gasteiger partial charge on any atom is -0.391 e. The summed E-state index contributed by atoms with van der Waals surface area (Å²) in [6, 6.07) is 13.2. The van der Waals surface area contributed by atoms with Crippen molar-refractivity contribution in [2.45, 2.75) is 123 Å². The van der Waals surface area contributed by atoms with E-state index in [1.54, 1.807) is 34.4 Å². The Balaban J connectivity index is 0.884. The van der Waals surface area contributed by atoms with Crippen molar-refractivity contribution in [1.29, 1.82) is 0 Å². The average molecular weight is 973 g/mol. The number of hydrogen-bond donors (Lipinski definition) is 4. The van der Waals surface area contributed by atoms with Gasteiger partial charge >= 0.3 is 0 Å². The molecule has 0 saturated carbocycles. The second-order valence-corrected chi connectivity index (χ2v) is 21.8. The van der Waals surface area contributed by atoms with Crippen LogP contribution in [-0.4, -0.2) is 101 Å². The maximum Gasteiger partial charge on any atom is 0.247 e. The van der Waals surface area contributed by atoms with Crippen LogP contribution in [-0.2, 0) is 25.7 Å². The molecule has 18 heteroatoms. The van der Waals surface area contributed by atoms with Gasteiger partial charge in [0.1, 0.15) is 29.0 Å². The Hall–Kier alpha value is -4.94. The fraction of sp³-hybridized carbons (Fsp3) is 0.458. The Bertz CT molecular complexity index is 2590. The molecule has 5 aromatic rings.